The third-order valence-corrected chi connectivity index (χ3v) is 4.30. The van der Waals surface area contributed by atoms with Gasteiger partial charge in [-0.15, -0.1) is 0 Å². The molecule has 0 aliphatic carbocycles. The smallest absolute Gasteiger partial charge is 0.252 e. The molecule has 1 fully saturated rings. The van der Waals surface area contributed by atoms with Crippen molar-refractivity contribution in [2.75, 3.05) is 25.0 Å². The van der Waals surface area contributed by atoms with Crippen molar-refractivity contribution < 1.29 is 4.79 Å². The molecule has 1 saturated heterocycles. The normalized spacial score (nSPS) is 17.0. The Kier molecular flexibility index (Phi) is 6.34. The van der Waals surface area contributed by atoms with E-state index < -0.39 is 0 Å². The van der Waals surface area contributed by atoms with Crippen molar-refractivity contribution in [3.05, 3.63) is 54.0 Å². The SMILES string of the molecule is O=C(NCCCc1ccccn1)c1ccc(N[C@@H]2CCCNC2)nc1. The number of pyridine rings is 2. The summed E-state index contributed by atoms with van der Waals surface area (Å²) in [5, 5.41) is 9.70. The molecule has 6 heteroatoms. The van der Waals surface area contributed by atoms with E-state index in [-0.39, 0.29) is 5.91 Å². The molecule has 0 saturated carbocycles. The fraction of sp³-hybridized carbons (Fsp3) is 0.421. The molecule has 0 bridgehead atoms. The Bertz CT molecular complexity index is 653. The number of carbonyl (C=O) groups is 1. The fourth-order valence-electron chi connectivity index (χ4n) is 2.92. The summed E-state index contributed by atoms with van der Waals surface area (Å²) in [5.74, 6) is 0.736. The van der Waals surface area contributed by atoms with Crippen molar-refractivity contribution in [3.8, 4) is 0 Å². The van der Waals surface area contributed by atoms with Crippen LogP contribution >= 0.6 is 0 Å². The maximum atomic E-state index is 12.2. The minimum atomic E-state index is -0.0839. The number of carbonyl (C=O) groups excluding carboxylic acids is 1. The molecule has 3 N–H and O–H groups in total. The lowest BCUT2D eigenvalue weighted by atomic mass is 10.1. The summed E-state index contributed by atoms with van der Waals surface area (Å²) in [6.07, 6.45) is 7.47. The lowest BCUT2D eigenvalue weighted by molar-refractivity contribution is 0.0953. The summed E-state index contributed by atoms with van der Waals surface area (Å²) >= 11 is 0. The summed E-state index contributed by atoms with van der Waals surface area (Å²) in [7, 11) is 0. The van der Waals surface area contributed by atoms with Gasteiger partial charge >= 0.3 is 0 Å². The average molecular weight is 339 g/mol. The van der Waals surface area contributed by atoms with Crippen molar-refractivity contribution in [2.45, 2.75) is 31.7 Å². The summed E-state index contributed by atoms with van der Waals surface area (Å²) < 4.78 is 0. The molecule has 0 aromatic carbocycles. The van der Waals surface area contributed by atoms with Gasteiger partial charge in [0.15, 0.2) is 0 Å². The molecule has 25 heavy (non-hydrogen) atoms. The molecular formula is C19H25N5O. The van der Waals surface area contributed by atoms with Gasteiger partial charge in [0, 0.05) is 37.2 Å². The highest BCUT2D eigenvalue weighted by molar-refractivity contribution is 5.94. The highest BCUT2D eigenvalue weighted by atomic mass is 16.1. The molecule has 2 aromatic heterocycles. The number of rotatable bonds is 7. The highest BCUT2D eigenvalue weighted by Crippen LogP contribution is 2.11. The van der Waals surface area contributed by atoms with Crippen LogP contribution in [0.3, 0.4) is 0 Å². The van der Waals surface area contributed by atoms with Crippen molar-refractivity contribution in [2.24, 2.45) is 0 Å². The van der Waals surface area contributed by atoms with E-state index in [9.17, 15) is 4.79 Å². The van der Waals surface area contributed by atoms with Crippen LogP contribution < -0.4 is 16.0 Å². The fourth-order valence-corrected chi connectivity index (χ4v) is 2.92. The number of nitrogens with zero attached hydrogens (tertiary/aromatic N) is 2. The Hall–Kier alpha value is -2.47. The monoisotopic (exact) mass is 339 g/mol. The Morgan fingerprint density at radius 2 is 2.20 bits per heavy atom. The second-order valence-corrected chi connectivity index (χ2v) is 6.30. The number of nitrogens with one attached hydrogen (secondary N) is 3. The lowest BCUT2D eigenvalue weighted by Crippen LogP contribution is -2.38. The molecule has 1 amide bonds. The molecule has 1 aliphatic heterocycles. The molecule has 132 valence electrons. The van der Waals surface area contributed by atoms with Crippen LogP contribution in [0.4, 0.5) is 5.82 Å². The standard InChI is InChI=1S/C19H25N5O/c25-19(22-12-4-6-16-5-1-2-11-21-16)15-8-9-18(23-13-15)24-17-7-3-10-20-14-17/h1-2,5,8-9,11,13,17,20H,3-4,6-7,10,12,14H2,(H,22,25)(H,23,24)/t17-/m1/s1. The topological polar surface area (TPSA) is 78.9 Å². The van der Waals surface area contributed by atoms with E-state index in [4.69, 9.17) is 0 Å². The van der Waals surface area contributed by atoms with Gasteiger partial charge in [0.25, 0.3) is 5.91 Å². The number of amides is 1. The first-order chi connectivity index (χ1) is 12.3. The molecule has 2 aromatic rings. The van der Waals surface area contributed by atoms with Crippen molar-refractivity contribution in [1.82, 2.24) is 20.6 Å². The van der Waals surface area contributed by atoms with Gasteiger partial charge < -0.3 is 16.0 Å². The second-order valence-electron chi connectivity index (χ2n) is 6.30. The Morgan fingerprint density at radius 1 is 1.24 bits per heavy atom. The minimum absolute atomic E-state index is 0.0839. The largest absolute Gasteiger partial charge is 0.366 e. The predicted octanol–water partition coefficient (Wildman–Crippen LogP) is 2.00. The molecule has 6 nitrogen and oxygen atoms in total. The number of hydrogen-bond donors (Lipinski definition) is 3. The molecule has 1 aliphatic rings. The van der Waals surface area contributed by atoms with Gasteiger partial charge in [0.1, 0.15) is 5.82 Å². The Balaban J connectivity index is 1.41. The summed E-state index contributed by atoms with van der Waals surface area (Å²) in [5.41, 5.74) is 1.64. The maximum Gasteiger partial charge on any atom is 0.252 e. The van der Waals surface area contributed by atoms with Gasteiger partial charge in [0.05, 0.1) is 5.56 Å². The molecule has 0 spiro atoms. The molecular weight excluding hydrogens is 314 g/mol. The number of aryl methyl sites for hydroxylation is 1. The number of anilines is 1. The Morgan fingerprint density at radius 3 is 2.92 bits per heavy atom. The van der Waals surface area contributed by atoms with Crippen LogP contribution in [-0.2, 0) is 6.42 Å². The number of hydrogen-bond acceptors (Lipinski definition) is 5. The third kappa shape index (κ3) is 5.53. The van der Waals surface area contributed by atoms with Gasteiger partial charge in [-0.25, -0.2) is 4.98 Å². The van der Waals surface area contributed by atoms with Gasteiger partial charge in [-0.05, 0) is 56.5 Å². The van der Waals surface area contributed by atoms with Crippen LogP contribution in [0.1, 0.15) is 35.3 Å². The van der Waals surface area contributed by atoms with Gasteiger partial charge in [-0.2, -0.15) is 0 Å². The summed E-state index contributed by atoms with van der Waals surface area (Å²) in [4.78, 5) is 20.8. The van der Waals surface area contributed by atoms with Crippen molar-refractivity contribution >= 4 is 11.7 Å². The number of piperidine rings is 1. The Labute approximate surface area is 148 Å². The zero-order valence-corrected chi connectivity index (χ0v) is 14.4. The van der Waals surface area contributed by atoms with E-state index in [0.29, 0.717) is 18.2 Å². The van der Waals surface area contributed by atoms with Crippen LogP contribution in [-0.4, -0.2) is 41.6 Å². The maximum absolute atomic E-state index is 12.2. The molecule has 1 atom stereocenters. The first-order valence-corrected chi connectivity index (χ1v) is 8.93. The second kappa shape index (κ2) is 9.13. The number of aromatic nitrogens is 2. The molecule has 3 heterocycles. The van der Waals surface area contributed by atoms with Crippen LogP contribution in [0.15, 0.2) is 42.7 Å². The molecule has 0 radical (unpaired) electrons. The zero-order valence-electron chi connectivity index (χ0n) is 14.4. The van der Waals surface area contributed by atoms with Gasteiger partial charge in [-0.1, -0.05) is 6.07 Å². The summed E-state index contributed by atoms with van der Waals surface area (Å²) in [6, 6.07) is 9.98. The quantitative estimate of drug-likeness (QED) is 0.673. The van der Waals surface area contributed by atoms with Crippen LogP contribution in [0.2, 0.25) is 0 Å². The van der Waals surface area contributed by atoms with Crippen LogP contribution in [0.5, 0.6) is 0 Å². The third-order valence-electron chi connectivity index (χ3n) is 4.30. The lowest BCUT2D eigenvalue weighted by Gasteiger charge is -2.24. The predicted molar refractivity (Wildman–Crippen MR) is 98.6 cm³/mol. The minimum Gasteiger partial charge on any atom is -0.366 e. The molecule has 0 unspecified atom stereocenters. The highest BCUT2D eigenvalue weighted by Gasteiger charge is 2.13. The van der Waals surface area contributed by atoms with E-state index in [0.717, 1.165) is 43.9 Å². The van der Waals surface area contributed by atoms with Crippen LogP contribution in [0.25, 0.3) is 0 Å². The summed E-state index contributed by atoms with van der Waals surface area (Å²) in [6.45, 7) is 2.67. The zero-order chi connectivity index (χ0) is 17.3. The van der Waals surface area contributed by atoms with Gasteiger partial charge in [-0.3, -0.25) is 9.78 Å². The van der Waals surface area contributed by atoms with Gasteiger partial charge in [0.2, 0.25) is 0 Å². The van der Waals surface area contributed by atoms with Crippen molar-refractivity contribution in [1.29, 1.82) is 0 Å². The van der Waals surface area contributed by atoms with E-state index in [2.05, 4.69) is 25.9 Å². The van der Waals surface area contributed by atoms with Crippen molar-refractivity contribution in [3.63, 3.8) is 0 Å². The van der Waals surface area contributed by atoms with Crippen LogP contribution in [0, 0.1) is 0 Å². The van der Waals surface area contributed by atoms with E-state index in [1.165, 1.54) is 6.42 Å². The van der Waals surface area contributed by atoms with E-state index in [1.54, 1.807) is 12.4 Å². The van der Waals surface area contributed by atoms with E-state index in [1.807, 2.05) is 30.3 Å². The first kappa shape index (κ1) is 17.4. The average Bonchev–Trinajstić information content (AvgIpc) is 2.67. The first-order valence-electron chi connectivity index (χ1n) is 8.93. The van der Waals surface area contributed by atoms with E-state index >= 15 is 0 Å². The molecule has 3 rings (SSSR count).